The van der Waals surface area contributed by atoms with Crippen LogP contribution in [0.25, 0.3) is 0 Å². The molecule has 2 rings (SSSR count). The number of amides is 1. The fourth-order valence-electron chi connectivity index (χ4n) is 3.14. The fourth-order valence-corrected chi connectivity index (χ4v) is 3.14. The van der Waals surface area contributed by atoms with Gasteiger partial charge in [-0.2, -0.15) is 0 Å². The number of nitrogens with one attached hydrogen (secondary N) is 1. The zero-order chi connectivity index (χ0) is 14.6. The Kier molecular flexibility index (Phi) is 5.41. The molecule has 0 aromatic heterocycles. The van der Waals surface area contributed by atoms with Gasteiger partial charge < -0.3 is 15.0 Å². The van der Waals surface area contributed by atoms with Crippen molar-refractivity contribution in [2.24, 2.45) is 5.92 Å². The first-order chi connectivity index (χ1) is 9.55. The van der Waals surface area contributed by atoms with E-state index >= 15 is 0 Å². The lowest BCUT2D eigenvalue weighted by Crippen LogP contribution is -2.61. The number of rotatable bonds is 5. The summed E-state index contributed by atoms with van der Waals surface area (Å²) < 4.78 is 5.43. The average molecular weight is 283 g/mol. The number of ether oxygens (including phenoxy) is 1. The van der Waals surface area contributed by atoms with Crippen LogP contribution in [-0.4, -0.2) is 73.7 Å². The van der Waals surface area contributed by atoms with Crippen LogP contribution in [0.4, 0.5) is 0 Å². The summed E-state index contributed by atoms with van der Waals surface area (Å²) in [5.74, 6) is 0.770. The van der Waals surface area contributed by atoms with E-state index in [0.29, 0.717) is 5.92 Å². The minimum atomic E-state index is -0.405. The molecule has 1 unspecified atom stereocenters. The number of likely N-dealkylation sites (N-methyl/N-ethyl adjacent to an activating group) is 1. The molecular weight excluding hydrogens is 254 g/mol. The Hall–Kier alpha value is -0.650. The molecule has 0 bridgehead atoms. The van der Waals surface area contributed by atoms with Crippen molar-refractivity contribution in [1.29, 1.82) is 0 Å². The van der Waals surface area contributed by atoms with Gasteiger partial charge in [0.1, 0.15) is 0 Å². The lowest BCUT2D eigenvalue weighted by atomic mass is 9.98. The number of hydrogen-bond donors (Lipinski definition) is 1. The Morgan fingerprint density at radius 1 is 1.40 bits per heavy atom. The lowest BCUT2D eigenvalue weighted by Gasteiger charge is -2.42. The van der Waals surface area contributed by atoms with Gasteiger partial charge in [0.25, 0.3) is 0 Å². The van der Waals surface area contributed by atoms with Crippen LogP contribution < -0.4 is 5.32 Å². The molecular formula is C15H29N3O2. The summed E-state index contributed by atoms with van der Waals surface area (Å²) in [6.45, 7) is 13.3. The van der Waals surface area contributed by atoms with Crippen molar-refractivity contribution in [1.82, 2.24) is 15.1 Å². The van der Waals surface area contributed by atoms with Crippen LogP contribution in [0.5, 0.6) is 0 Å². The van der Waals surface area contributed by atoms with Crippen molar-refractivity contribution in [2.75, 3.05) is 52.5 Å². The monoisotopic (exact) mass is 283 g/mol. The van der Waals surface area contributed by atoms with Crippen LogP contribution in [0.15, 0.2) is 0 Å². The van der Waals surface area contributed by atoms with Crippen molar-refractivity contribution in [3.63, 3.8) is 0 Å². The van der Waals surface area contributed by atoms with E-state index in [-0.39, 0.29) is 5.91 Å². The topological polar surface area (TPSA) is 44.8 Å². The molecule has 2 saturated heterocycles. The maximum atomic E-state index is 12.9. The lowest BCUT2D eigenvalue weighted by molar-refractivity contribution is -0.143. The average Bonchev–Trinajstić information content (AvgIpc) is 2.98. The summed E-state index contributed by atoms with van der Waals surface area (Å²) in [4.78, 5) is 17.2. The Balaban J connectivity index is 1.97. The largest absolute Gasteiger partial charge is 0.381 e. The van der Waals surface area contributed by atoms with Crippen LogP contribution in [0.2, 0.25) is 0 Å². The molecule has 1 atom stereocenters. The summed E-state index contributed by atoms with van der Waals surface area (Å²) in [6.07, 6.45) is 1.08. The second-order valence-corrected chi connectivity index (χ2v) is 6.37. The highest BCUT2D eigenvalue weighted by Gasteiger charge is 2.38. The molecule has 116 valence electrons. The van der Waals surface area contributed by atoms with Crippen molar-refractivity contribution in [2.45, 2.75) is 32.7 Å². The smallest absolute Gasteiger partial charge is 0.242 e. The molecule has 5 nitrogen and oxygen atoms in total. The Bertz CT molecular complexity index is 321. The van der Waals surface area contributed by atoms with E-state index < -0.39 is 5.54 Å². The molecule has 0 radical (unpaired) electrons. The van der Waals surface area contributed by atoms with Gasteiger partial charge in [0.05, 0.1) is 12.1 Å². The molecule has 0 saturated carbocycles. The van der Waals surface area contributed by atoms with Crippen LogP contribution in [-0.2, 0) is 9.53 Å². The molecule has 1 N–H and O–H groups in total. The maximum Gasteiger partial charge on any atom is 0.242 e. The first kappa shape index (κ1) is 15.7. The summed E-state index contributed by atoms with van der Waals surface area (Å²) >= 11 is 0. The van der Waals surface area contributed by atoms with Crippen molar-refractivity contribution in [3.05, 3.63) is 0 Å². The van der Waals surface area contributed by atoms with Crippen LogP contribution >= 0.6 is 0 Å². The number of hydrogen-bond acceptors (Lipinski definition) is 4. The third-order valence-electron chi connectivity index (χ3n) is 4.60. The fraction of sp³-hybridized carbons (Fsp3) is 0.933. The molecule has 2 aliphatic rings. The molecule has 0 aromatic carbocycles. The van der Waals surface area contributed by atoms with Crippen molar-refractivity contribution in [3.8, 4) is 0 Å². The van der Waals surface area contributed by atoms with E-state index in [1.165, 1.54) is 0 Å². The molecule has 20 heavy (non-hydrogen) atoms. The zero-order valence-corrected chi connectivity index (χ0v) is 13.2. The van der Waals surface area contributed by atoms with E-state index in [2.05, 4.69) is 31.0 Å². The van der Waals surface area contributed by atoms with Gasteiger partial charge in [-0.3, -0.25) is 9.69 Å². The molecule has 0 aliphatic carbocycles. The number of piperazine rings is 1. The summed E-state index contributed by atoms with van der Waals surface area (Å²) in [5.41, 5.74) is -0.405. The normalized spacial score (nSPS) is 24.9. The number of nitrogens with zero attached hydrogens (tertiary/aromatic N) is 2. The van der Waals surface area contributed by atoms with Gasteiger partial charge in [-0.25, -0.2) is 0 Å². The first-order valence-electron chi connectivity index (χ1n) is 7.88. The summed E-state index contributed by atoms with van der Waals surface area (Å²) in [7, 11) is 0. The Morgan fingerprint density at radius 3 is 2.65 bits per heavy atom. The second-order valence-electron chi connectivity index (χ2n) is 6.37. The van der Waals surface area contributed by atoms with Gasteiger partial charge in [0.15, 0.2) is 0 Å². The third kappa shape index (κ3) is 3.51. The van der Waals surface area contributed by atoms with Gasteiger partial charge in [-0.1, -0.05) is 0 Å². The predicted octanol–water partition coefficient (Wildman–Crippen LogP) is 0.555. The van der Waals surface area contributed by atoms with E-state index in [1.807, 2.05) is 4.90 Å². The minimum Gasteiger partial charge on any atom is -0.381 e. The number of carbonyl (C=O) groups excluding carboxylic acids is 1. The maximum absolute atomic E-state index is 12.9. The zero-order valence-electron chi connectivity index (χ0n) is 13.2. The highest BCUT2D eigenvalue weighted by Crippen LogP contribution is 2.21. The van der Waals surface area contributed by atoms with Crippen LogP contribution in [0.1, 0.15) is 27.2 Å². The van der Waals surface area contributed by atoms with E-state index in [9.17, 15) is 4.79 Å². The molecule has 2 aliphatic heterocycles. The third-order valence-corrected chi connectivity index (χ3v) is 4.60. The Morgan fingerprint density at radius 2 is 2.10 bits per heavy atom. The summed E-state index contributed by atoms with van der Waals surface area (Å²) in [6, 6.07) is 0. The van der Waals surface area contributed by atoms with Crippen LogP contribution in [0, 0.1) is 5.92 Å². The van der Waals surface area contributed by atoms with E-state index in [0.717, 1.165) is 58.9 Å². The van der Waals surface area contributed by atoms with Gasteiger partial charge in [0, 0.05) is 51.8 Å². The quantitative estimate of drug-likeness (QED) is 0.800. The minimum absolute atomic E-state index is 0.258. The molecule has 2 fully saturated rings. The standard InChI is InChI=1S/C15H29N3O2/c1-4-17(11-13-5-10-20-12-13)14(19)15(2,3)18-8-6-16-7-9-18/h13,16H,4-12H2,1-3H3. The highest BCUT2D eigenvalue weighted by atomic mass is 16.5. The van der Waals surface area contributed by atoms with Crippen molar-refractivity contribution >= 4 is 5.91 Å². The molecule has 0 spiro atoms. The van der Waals surface area contributed by atoms with Gasteiger partial charge >= 0.3 is 0 Å². The number of carbonyl (C=O) groups is 1. The predicted molar refractivity (Wildman–Crippen MR) is 79.7 cm³/mol. The first-order valence-corrected chi connectivity index (χ1v) is 7.88. The molecule has 2 heterocycles. The van der Waals surface area contributed by atoms with Crippen LogP contribution in [0.3, 0.4) is 0 Å². The van der Waals surface area contributed by atoms with Gasteiger partial charge in [0.2, 0.25) is 5.91 Å². The highest BCUT2D eigenvalue weighted by molar-refractivity contribution is 5.85. The molecule has 0 aromatic rings. The van der Waals surface area contributed by atoms with E-state index in [1.54, 1.807) is 0 Å². The van der Waals surface area contributed by atoms with Gasteiger partial charge in [-0.05, 0) is 27.2 Å². The molecule has 1 amide bonds. The molecule has 5 heteroatoms. The second kappa shape index (κ2) is 6.87. The van der Waals surface area contributed by atoms with Crippen molar-refractivity contribution < 1.29 is 9.53 Å². The SMILES string of the molecule is CCN(CC1CCOC1)C(=O)C(C)(C)N1CCNCC1. The Labute approximate surface area is 122 Å². The van der Waals surface area contributed by atoms with E-state index in [4.69, 9.17) is 4.74 Å². The summed E-state index contributed by atoms with van der Waals surface area (Å²) in [5, 5.41) is 3.34. The van der Waals surface area contributed by atoms with Gasteiger partial charge in [-0.15, -0.1) is 0 Å².